The van der Waals surface area contributed by atoms with E-state index in [9.17, 15) is 4.57 Å². The van der Waals surface area contributed by atoms with Gasteiger partial charge in [-0.2, -0.15) is 0 Å². The molecule has 0 fully saturated rings. The number of rotatable bonds is 6. The molecular formula is C6H13O3PS. The topological polar surface area (TPSA) is 35.5 Å². The zero-order valence-electron chi connectivity index (χ0n) is 6.78. The molecule has 0 aliphatic carbocycles. The summed E-state index contributed by atoms with van der Waals surface area (Å²) in [5.41, 5.74) is 0.381. The number of thioether (sulfide) groups is 1. The molecule has 0 heterocycles. The zero-order valence-corrected chi connectivity index (χ0v) is 8.49. The van der Waals surface area contributed by atoms with Gasteiger partial charge < -0.3 is 9.05 Å². The van der Waals surface area contributed by atoms with Gasteiger partial charge in [-0.1, -0.05) is 6.08 Å². The molecule has 5 heteroatoms. The van der Waals surface area contributed by atoms with Gasteiger partial charge in [0.25, 0.3) is 0 Å². The maximum Gasteiger partial charge on any atom is 0.339 e. The minimum atomic E-state index is -2.80. The Bertz CT molecular complexity index is 152. The molecule has 0 aromatic heterocycles. The van der Waals surface area contributed by atoms with E-state index in [0.29, 0.717) is 5.49 Å². The minimum absolute atomic E-state index is 0.381. The molecule has 0 bridgehead atoms. The van der Waals surface area contributed by atoms with E-state index in [4.69, 9.17) is 9.05 Å². The molecule has 11 heavy (non-hydrogen) atoms. The second-order valence-corrected chi connectivity index (χ2v) is 5.49. The Labute approximate surface area is 71.7 Å². The molecule has 0 saturated heterocycles. The van der Waals surface area contributed by atoms with Crippen LogP contribution in [0.2, 0.25) is 0 Å². The summed E-state index contributed by atoms with van der Waals surface area (Å²) in [5.74, 6) is 0.761. The van der Waals surface area contributed by atoms with Gasteiger partial charge in [0, 0.05) is 20.0 Å². The van der Waals surface area contributed by atoms with Crippen molar-refractivity contribution < 1.29 is 13.6 Å². The maximum absolute atomic E-state index is 11.3. The van der Waals surface area contributed by atoms with Crippen LogP contribution in [0.4, 0.5) is 0 Å². The van der Waals surface area contributed by atoms with Gasteiger partial charge in [0.05, 0.1) is 5.49 Å². The Balaban J connectivity index is 3.69. The van der Waals surface area contributed by atoms with Crippen LogP contribution in [0.25, 0.3) is 0 Å². The third-order valence-electron chi connectivity index (χ3n) is 1.04. The van der Waals surface area contributed by atoms with Crippen LogP contribution in [-0.4, -0.2) is 25.5 Å². The fraction of sp³-hybridized carbons (Fsp3) is 0.667. The summed E-state index contributed by atoms with van der Waals surface area (Å²) in [6.07, 6.45) is 1.75. The van der Waals surface area contributed by atoms with E-state index in [0.717, 1.165) is 5.75 Å². The molecule has 0 aliphatic rings. The highest BCUT2D eigenvalue weighted by Crippen LogP contribution is 2.49. The van der Waals surface area contributed by atoms with Gasteiger partial charge in [0.2, 0.25) is 0 Å². The van der Waals surface area contributed by atoms with Crippen molar-refractivity contribution in [3.63, 3.8) is 0 Å². The number of hydrogen-bond acceptors (Lipinski definition) is 4. The second kappa shape index (κ2) is 5.84. The molecule has 0 rings (SSSR count). The average Bonchev–Trinajstić information content (AvgIpc) is 2.05. The fourth-order valence-corrected chi connectivity index (χ4v) is 2.90. The predicted molar refractivity (Wildman–Crippen MR) is 49.1 cm³/mol. The van der Waals surface area contributed by atoms with Crippen molar-refractivity contribution >= 4 is 19.4 Å². The normalized spacial score (nSPS) is 11.5. The third kappa shape index (κ3) is 4.64. The Morgan fingerprint density at radius 3 is 2.45 bits per heavy atom. The lowest BCUT2D eigenvalue weighted by Gasteiger charge is -2.11. The van der Waals surface area contributed by atoms with Gasteiger partial charge in [-0.15, -0.1) is 18.3 Å². The van der Waals surface area contributed by atoms with Crippen molar-refractivity contribution in [2.75, 3.05) is 25.5 Å². The molecule has 3 nitrogen and oxygen atoms in total. The van der Waals surface area contributed by atoms with E-state index in [1.807, 2.05) is 0 Å². The Hall–Kier alpha value is 0.240. The average molecular weight is 196 g/mol. The molecular weight excluding hydrogens is 183 g/mol. The van der Waals surface area contributed by atoms with Crippen molar-refractivity contribution in [2.45, 2.75) is 0 Å². The summed E-state index contributed by atoms with van der Waals surface area (Å²) in [6.45, 7) is 3.54. The third-order valence-corrected chi connectivity index (χ3v) is 4.62. The van der Waals surface area contributed by atoms with Gasteiger partial charge in [-0.3, -0.25) is 4.57 Å². The van der Waals surface area contributed by atoms with Crippen molar-refractivity contribution in [1.29, 1.82) is 0 Å². The SMILES string of the molecule is C=CCSCP(=O)(OC)OC. The highest BCUT2D eigenvalue weighted by molar-refractivity contribution is 8.04. The first-order valence-corrected chi connectivity index (χ1v) is 5.96. The Kier molecular flexibility index (Phi) is 5.96. The van der Waals surface area contributed by atoms with E-state index in [2.05, 4.69) is 6.58 Å². The lowest BCUT2D eigenvalue weighted by atomic mass is 10.8. The molecule has 0 amide bonds. The van der Waals surface area contributed by atoms with Crippen LogP contribution in [0, 0.1) is 0 Å². The first-order valence-electron chi connectivity index (χ1n) is 3.07. The van der Waals surface area contributed by atoms with E-state index >= 15 is 0 Å². The van der Waals surface area contributed by atoms with Crippen LogP contribution < -0.4 is 0 Å². The molecule has 0 spiro atoms. The highest BCUT2D eigenvalue weighted by atomic mass is 32.2. The molecule has 0 unspecified atom stereocenters. The summed E-state index contributed by atoms with van der Waals surface area (Å²) >= 11 is 1.48. The quantitative estimate of drug-likeness (QED) is 0.371. The lowest BCUT2D eigenvalue weighted by Crippen LogP contribution is -1.91. The summed E-state index contributed by atoms with van der Waals surface area (Å²) in [4.78, 5) is 0. The van der Waals surface area contributed by atoms with Gasteiger partial charge in [-0.05, 0) is 0 Å². The lowest BCUT2D eigenvalue weighted by molar-refractivity contribution is 0.281. The zero-order chi connectivity index (χ0) is 8.74. The molecule has 0 aliphatic heterocycles. The molecule has 0 aromatic carbocycles. The van der Waals surface area contributed by atoms with Gasteiger partial charge in [0.15, 0.2) is 0 Å². The highest BCUT2D eigenvalue weighted by Gasteiger charge is 2.19. The molecule has 0 radical (unpaired) electrons. The summed E-state index contributed by atoms with van der Waals surface area (Å²) in [7, 11) is -0.0204. The largest absolute Gasteiger partial charge is 0.339 e. The summed E-state index contributed by atoms with van der Waals surface area (Å²) < 4.78 is 20.7. The summed E-state index contributed by atoms with van der Waals surface area (Å²) in [6, 6.07) is 0. The van der Waals surface area contributed by atoms with Crippen LogP contribution >= 0.6 is 19.4 Å². The first-order chi connectivity index (χ1) is 5.18. The Morgan fingerprint density at radius 1 is 1.55 bits per heavy atom. The van der Waals surface area contributed by atoms with Gasteiger partial charge in [0.1, 0.15) is 0 Å². The smallest absolute Gasteiger partial charge is 0.311 e. The molecule has 0 N–H and O–H groups in total. The van der Waals surface area contributed by atoms with Crippen LogP contribution in [0.15, 0.2) is 12.7 Å². The van der Waals surface area contributed by atoms with Crippen molar-refractivity contribution in [3.8, 4) is 0 Å². The van der Waals surface area contributed by atoms with Crippen LogP contribution in [0.1, 0.15) is 0 Å². The van der Waals surface area contributed by atoms with E-state index < -0.39 is 7.60 Å². The van der Waals surface area contributed by atoms with Crippen LogP contribution in [-0.2, 0) is 13.6 Å². The second-order valence-electron chi connectivity index (χ2n) is 1.76. The predicted octanol–water partition coefficient (Wildman–Crippen LogP) is 2.35. The number of hydrogen-bond donors (Lipinski definition) is 0. The van der Waals surface area contributed by atoms with Crippen molar-refractivity contribution in [3.05, 3.63) is 12.7 Å². The first kappa shape index (κ1) is 11.2. The minimum Gasteiger partial charge on any atom is -0.311 e. The van der Waals surface area contributed by atoms with E-state index in [1.165, 1.54) is 26.0 Å². The van der Waals surface area contributed by atoms with Crippen molar-refractivity contribution in [1.82, 2.24) is 0 Å². The summed E-state index contributed by atoms with van der Waals surface area (Å²) in [5, 5.41) is 0. The molecule has 0 atom stereocenters. The van der Waals surface area contributed by atoms with Gasteiger partial charge in [-0.25, -0.2) is 0 Å². The molecule has 0 saturated carbocycles. The van der Waals surface area contributed by atoms with E-state index in [1.54, 1.807) is 6.08 Å². The fourth-order valence-electron chi connectivity index (χ4n) is 0.428. The standard InChI is InChI=1S/C6H13O3PS/c1-4-5-11-6-10(7,8-2)9-3/h4H,1,5-6H2,2-3H3. The van der Waals surface area contributed by atoms with Crippen LogP contribution in [0.3, 0.4) is 0 Å². The molecule has 0 aromatic rings. The van der Waals surface area contributed by atoms with Crippen molar-refractivity contribution in [2.24, 2.45) is 0 Å². The van der Waals surface area contributed by atoms with E-state index in [-0.39, 0.29) is 0 Å². The molecule has 66 valence electrons. The Morgan fingerprint density at radius 2 is 2.09 bits per heavy atom. The van der Waals surface area contributed by atoms with Gasteiger partial charge >= 0.3 is 7.60 Å². The van der Waals surface area contributed by atoms with Crippen LogP contribution in [0.5, 0.6) is 0 Å². The maximum atomic E-state index is 11.3. The monoisotopic (exact) mass is 196 g/mol.